The number of carbonyl (C=O) groups excluding carboxylic acids is 1. The summed E-state index contributed by atoms with van der Waals surface area (Å²) in [4.78, 5) is 24.9. The van der Waals surface area contributed by atoms with Crippen molar-refractivity contribution < 1.29 is 28.2 Å². The minimum absolute atomic E-state index is 0.163. The summed E-state index contributed by atoms with van der Waals surface area (Å²) in [5, 5.41) is 8.87. The molecule has 0 saturated heterocycles. The van der Waals surface area contributed by atoms with Gasteiger partial charge in [0.25, 0.3) is 5.91 Å². The summed E-state index contributed by atoms with van der Waals surface area (Å²) < 4.78 is 24.6. The predicted octanol–water partition coefficient (Wildman–Crippen LogP) is 2.71. The number of carbonyl (C=O) groups is 2. The van der Waals surface area contributed by atoms with Gasteiger partial charge in [0.2, 0.25) is 0 Å². The summed E-state index contributed by atoms with van der Waals surface area (Å²) >= 11 is 0. The molecule has 1 aromatic heterocycles. The minimum Gasteiger partial charge on any atom is -0.478 e. The zero-order valence-electron chi connectivity index (χ0n) is 13.4. The van der Waals surface area contributed by atoms with Crippen LogP contribution in [0.4, 0.5) is 4.39 Å². The number of rotatable bonds is 7. The topological polar surface area (TPSA) is 80.0 Å². The van der Waals surface area contributed by atoms with E-state index in [1.807, 2.05) is 0 Å². The SMILES string of the molecule is COCCN(Cc1ccc(C)o1)C(=O)c1ccc(C(=O)O)cc1F. The second-order valence-electron chi connectivity index (χ2n) is 5.23. The van der Waals surface area contributed by atoms with Gasteiger partial charge in [-0.2, -0.15) is 0 Å². The maximum atomic E-state index is 14.1. The first kappa shape index (κ1) is 17.7. The van der Waals surface area contributed by atoms with Crippen molar-refractivity contribution in [1.29, 1.82) is 0 Å². The van der Waals surface area contributed by atoms with Crippen molar-refractivity contribution in [1.82, 2.24) is 4.90 Å². The Hall–Kier alpha value is -2.67. The summed E-state index contributed by atoms with van der Waals surface area (Å²) in [5.41, 5.74) is -0.409. The van der Waals surface area contributed by atoms with Crippen molar-refractivity contribution in [3.05, 3.63) is 58.8 Å². The highest BCUT2D eigenvalue weighted by molar-refractivity contribution is 5.96. The number of hydrogen-bond donors (Lipinski definition) is 1. The average Bonchev–Trinajstić information content (AvgIpc) is 2.95. The Morgan fingerprint density at radius 2 is 2.04 bits per heavy atom. The second kappa shape index (κ2) is 7.74. The highest BCUT2D eigenvalue weighted by Gasteiger charge is 2.21. The van der Waals surface area contributed by atoms with Gasteiger partial charge in [-0.3, -0.25) is 4.79 Å². The standard InChI is InChI=1S/C17H18FNO5/c1-11-3-5-13(24-11)10-19(7-8-23-2)16(20)14-6-4-12(17(21)22)9-15(14)18/h3-6,9H,7-8,10H2,1-2H3,(H,21,22). The Bertz CT molecular complexity index is 740. The van der Waals surface area contributed by atoms with Crippen LogP contribution < -0.4 is 0 Å². The molecule has 0 aliphatic rings. The van der Waals surface area contributed by atoms with Gasteiger partial charge in [-0.1, -0.05) is 0 Å². The zero-order chi connectivity index (χ0) is 17.7. The van der Waals surface area contributed by atoms with Crippen molar-refractivity contribution in [3.8, 4) is 0 Å². The van der Waals surface area contributed by atoms with Gasteiger partial charge in [-0.05, 0) is 37.3 Å². The van der Waals surface area contributed by atoms with E-state index >= 15 is 0 Å². The molecule has 0 atom stereocenters. The van der Waals surface area contributed by atoms with E-state index in [0.717, 1.165) is 6.07 Å². The number of ether oxygens (including phenoxy) is 1. The van der Waals surface area contributed by atoms with Crippen molar-refractivity contribution in [2.24, 2.45) is 0 Å². The molecule has 0 unspecified atom stereocenters. The summed E-state index contributed by atoms with van der Waals surface area (Å²) in [6, 6.07) is 6.72. The largest absolute Gasteiger partial charge is 0.478 e. The van der Waals surface area contributed by atoms with Crippen molar-refractivity contribution in [2.45, 2.75) is 13.5 Å². The predicted molar refractivity (Wildman–Crippen MR) is 83.4 cm³/mol. The monoisotopic (exact) mass is 335 g/mol. The molecule has 7 heteroatoms. The lowest BCUT2D eigenvalue weighted by atomic mass is 10.1. The third kappa shape index (κ3) is 4.20. The quantitative estimate of drug-likeness (QED) is 0.841. The van der Waals surface area contributed by atoms with E-state index in [0.29, 0.717) is 11.5 Å². The van der Waals surface area contributed by atoms with E-state index in [4.69, 9.17) is 14.3 Å². The summed E-state index contributed by atoms with van der Waals surface area (Å²) in [6.07, 6.45) is 0. The number of hydrogen-bond acceptors (Lipinski definition) is 4. The number of nitrogens with zero attached hydrogens (tertiary/aromatic N) is 1. The molecule has 128 valence electrons. The van der Waals surface area contributed by atoms with Gasteiger partial charge < -0.3 is 19.2 Å². The number of methoxy groups -OCH3 is 1. The van der Waals surface area contributed by atoms with Crippen LogP contribution in [0.1, 0.15) is 32.2 Å². The Morgan fingerprint density at radius 3 is 2.58 bits per heavy atom. The van der Waals surface area contributed by atoms with Gasteiger partial charge in [0.15, 0.2) is 0 Å². The molecule has 24 heavy (non-hydrogen) atoms. The molecule has 0 bridgehead atoms. The van der Waals surface area contributed by atoms with Gasteiger partial charge >= 0.3 is 5.97 Å². The van der Waals surface area contributed by atoms with Gasteiger partial charge in [-0.25, -0.2) is 9.18 Å². The minimum atomic E-state index is -1.25. The number of amides is 1. The fourth-order valence-electron chi connectivity index (χ4n) is 2.20. The number of halogens is 1. The molecule has 2 aromatic rings. The number of aryl methyl sites for hydroxylation is 1. The lowest BCUT2D eigenvalue weighted by Crippen LogP contribution is -2.34. The smallest absolute Gasteiger partial charge is 0.335 e. The molecule has 0 radical (unpaired) electrons. The second-order valence-corrected chi connectivity index (χ2v) is 5.23. The molecule has 1 amide bonds. The normalized spacial score (nSPS) is 10.6. The van der Waals surface area contributed by atoms with Gasteiger partial charge in [0, 0.05) is 13.7 Å². The molecular formula is C17H18FNO5. The highest BCUT2D eigenvalue weighted by Crippen LogP contribution is 2.16. The molecule has 0 fully saturated rings. The van der Waals surface area contributed by atoms with Gasteiger partial charge in [0.1, 0.15) is 17.3 Å². The van der Waals surface area contributed by atoms with Gasteiger partial charge in [0.05, 0.1) is 24.3 Å². The van der Waals surface area contributed by atoms with E-state index in [-0.39, 0.29) is 30.8 Å². The summed E-state index contributed by atoms with van der Waals surface area (Å²) in [5.74, 6) is -1.41. The molecular weight excluding hydrogens is 317 g/mol. The van der Waals surface area contributed by atoms with E-state index in [1.165, 1.54) is 24.1 Å². The molecule has 0 aliphatic carbocycles. The molecule has 2 rings (SSSR count). The van der Waals surface area contributed by atoms with Crippen LogP contribution in [0.2, 0.25) is 0 Å². The molecule has 1 heterocycles. The van der Waals surface area contributed by atoms with Crippen molar-refractivity contribution in [2.75, 3.05) is 20.3 Å². The first-order valence-electron chi connectivity index (χ1n) is 7.28. The van der Waals surface area contributed by atoms with E-state index in [9.17, 15) is 14.0 Å². The molecule has 0 spiro atoms. The molecule has 1 N–H and O–H groups in total. The summed E-state index contributed by atoms with van der Waals surface area (Å²) in [6.45, 7) is 2.47. The third-order valence-electron chi connectivity index (χ3n) is 3.44. The molecule has 0 aliphatic heterocycles. The Kier molecular flexibility index (Phi) is 5.70. The lowest BCUT2D eigenvalue weighted by Gasteiger charge is -2.21. The number of benzene rings is 1. The van der Waals surface area contributed by atoms with Crippen LogP contribution in [0.3, 0.4) is 0 Å². The maximum absolute atomic E-state index is 14.1. The maximum Gasteiger partial charge on any atom is 0.335 e. The van der Waals surface area contributed by atoms with E-state index < -0.39 is 17.7 Å². The van der Waals surface area contributed by atoms with Crippen LogP contribution in [0, 0.1) is 12.7 Å². The van der Waals surface area contributed by atoms with Crippen LogP contribution in [0.25, 0.3) is 0 Å². The van der Waals surface area contributed by atoms with Crippen LogP contribution in [-0.4, -0.2) is 42.1 Å². The molecule has 0 saturated carbocycles. The first-order chi connectivity index (χ1) is 11.4. The Labute approximate surface area is 138 Å². The van der Waals surface area contributed by atoms with E-state index in [2.05, 4.69) is 0 Å². The fraction of sp³-hybridized carbons (Fsp3) is 0.294. The summed E-state index contributed by atoms with van der Waals surface area (Å²) in [7, 11) is 1.50. The average molecular weight is 335 g/mol. The van der Waals surface area contributed by atoms with Gasteiger partial charge in [-0.15, -0.1) is 0 Å². The number of furan rings is 1. The highest BCUT2D eigenvalue weighted by atomic mass is 19.1. The molecule has 1 aromatic carbocycles. The van der Waals surface area contributed by atoms with Crippen LogP contribution in [0.5, 0.6) is 0 Å². The zero-order valence-corrected chi connectivity index (χ0v) is 13.4. The van der Waals surface area contributed by atoms with Crippen LogP contribution in [-0.2, 0) is 11.3 Å². The Morgan fingerprint density at radius 1 is 1.29 bits per heavy atom. The number of aromatic carboxylic acids is 1. The lowest BCUT2D eigenvalue weighted by molar-refractivity contribution is 0.0656. The third-order valence-corrected chi connectivity index (χ3v) is 3.44. The first-order valence-corrected chi connectivity index (χ1v) is 7.28. The van der Waals surface area contributed by atoms with Crippen LogP contribution >= 0.6 is 0 Å². The van der Waals surface area contributed by atoms with E-state index in [1.54, 1.807) is 19.1 Å². The number of carboxylic acid groups (broad SMARTS) is 1. The number of carboxylic acids is 1. The van der Waals surface area contributed by atoms with Crippen molar-refractivity contribution >= 4 is 11.9 Å². The fourth-order valence-corrected chi connectivity index (χ4v) is 2.20. The van der Waals surface area contributed by atoms with Crippen molar-refractivity contribution in [3.63, 3.8) is 0 Å². The van der Waals surface area contributed by atoms with Crippen LogP contribution in [0.15, 0.2) is 34.7 Å². The molecule has 6 nitrogen and oxygen atoms in total. The Balaban J connectivity index is 2.24.